The maximum Gasteiger partial charge on any atom is 0.416 e. The number of benzene rings is 1. The lowest BCUT2D eigenvalue weighted by atomic mass is 10.2. The molecule has 0 aliphatic carbocycles. The van der Waals surface area contributed by atoms with Crippen LogP contribution in [0.15, 0.2) is 49.1 Å². The van der Waals surface area contributed by atoms with Crippen molar-refractivity contribution in [2.75, 3.05) is 13.2 Å². The van der Waals surface area contributed by atoms with Gasteiger partial charge in [0.15, 0.2) is 0 Å². The van der Waals surface area contributed by atoms with Crippen LogP contribution in [-0.2, 0) is 19.8 Å². The van der Waals surface area contributed by atoms with Gasteiger partial charge in [0, 0.05) is 18.8 Å². The molecule has 0 saturated heterocycles. The monoisotopic (exact) mass is 502 g/mol. The molecule has 0 bridgehead atoms. The van der Waals surface area contributed by atoms with Crippen molar-refractivity contribution in [1.82, 2.24) is 19.4 Å². The van der Waals surface area contributed by atoms with Gasteiger partial charge in [-0.1, -0.05) is 23.2 Å². The molecule has 12 heteroatoms. The first-order valence-corrected chi connectivity index (χ1v) is 10.3. The first kappa shape index (κ1) is 24.8. The molecule has 1 aromatic carbocycles. The Morgan fingerprint density at radius 1 is 1.24 bits per heavy atom. The van der Waals surface area contributed by atoms with Gasteiger partial charge in [-0.3, -0.25) is 4.79 Å². The molecule has 0 spiro atoms. The molecule has 0 aliphatic rings. The zero-order chi connectivity index (χ0) is 24.2. The average Bonchev–Trinajstić information content (AvgIpc) is 3.19. The minimum Gasteiger partial charge on any atom is -0.491 e. The highest BCUT2D eigenvalue weighted by Crippen LogP contribution is 2.30. The van der Waals surface area contributed by atoms with Crippen LogP contribution in [0, 0.1) is 0 Å². The number of alkyl halides is 3. The van der Waals surface area contributed by atoms with Gasteiger partial charge in [0.05, 0.1) is 36.2 Å². The number of pyridine rings is 1. The molecule has 33 heavy (non-hydrogen) atoms. The zero-order valence-electron chi connectivity index (χ0n) is 17.3. The van der Waals surface area contributed by atoms with Crippen molar-refractivity contribution in [3.63, 3.8) is 0 Å². The number of aryl methyl sites for hydroxylation is 1. The van der Waals surface area contributed by atoms with Crippen molar-refractivity contribution in [3.8, 4) is 5.75 Å². The number of aliphatic hydroxyl groups is 1. The van der Waals surface area contributed by atoms with Crippen molar-refractivity contribution in [2.45, 2.75) is 18.8 Å². The smallest absolute Gasteiger partial charge is 0.416 e. The minimum absolute atomic E-state index is 0.0488. The molecule has 1 atom stereocenters. The zero-order valence-corrected chi connectivity index (χ0v) is 18.8. The summed E-state index contributed by atoms with van der Waals surface area (Å²) in [7, 11) is 1.65. The van der Waals surface area contributed by atoms with E-state index in [0.717, 1.165) is 24.3 Å². The molecule has 0 fully saturated rings. The van der Waals surface area contributed by atoms with Crippen LogP contribution in [0.4, 0.5) is 13.2 Å². The van der Waals surface area contributed by atoms with E-state index >= 15 is 0 Å². The fourth-order valence-corrected chi connectivity index (χ4v) is 3.43. The Morgan fingerprint density at radius 3 is 2.52 bits per heavy atom. The summed E-state index contributed by atoms with van der Waals surface area (Å²) in [6, 6.07) is 5.60. The lowest BCUT2D eigenvalue weighted by Gasteiger charge is -2.26. The van der Waals surface area contributed by atoms with Crippen molar-refractivity contribution >= 4 is 29.1 Å². The largest absolute Gasteiger partial charge is 0.491 e. The van der Waals surface area contributed by atoms with E-state index in [4.69, 9.17) is 27.9 Å². The molecule has 176 valence electrons. The molecule has 7 nitrogen and oxygen atoms in total. The van der Waals surface area contributed by atoms with Crippen LogP contribution in [0.1, 0.15) is 21.6 Å². The molecule has 2 aromatic heterocycles. The van der Waals surface area contributed by atoms with Crippen LogP contribution in [-0.4, -0.2) is 49.7 Å². The topological polar surface area (TPSA) is 80.5 Å². The van der Waals surface area contributed by atoms with Crippen molar-refractivity contribution in [3.05, 3.63) is 76.0 Å². The Hall–Kier alpha value is -2.82. The molecular weight excluding hydrogens is 484 g/mol. The standard InChI is InChI=1S/C21H19Cl2F3N4O3/c1-29-12-27-8-18(29)20(32)30(10-16-17(22)6-7-28-19(16)23)9-14(31)11-33-15-4-2-13(3-5-15)21(24,25)26/h2-8,12,14,31H,9-11H2,1H3. The van der Waals surface area contributed by atoms with E-state index in [-0.39, 0.29) is 36.3 Å². The molecule has 1 amide bonds. The van der Waals surface area contributed by atoms with E-state index in [1.165, 1.54) is 34.3 Å². The van der Waals surface area contributed by atoms with E-state index in [1.54, 1.807) is 7.05 Å². The second kappa shape index (κ2) is 10.4. The second-order valence-electron chi connectivity index (χ2n) is 7.12. The van der Waals surface area contributed by atoms with Gasteiger partial charge in [0.2, 0.25) is 0 Å². The summed E-state index contributed by atoms with van der Waals surface area (Å²) in [6.07, 6.45) is -1.36. The highest BCUT2D eigenvalue weighted by molar-refractivity contribution is 6.35. The summed E-state index contributed by atoms with van der Waals surface area (Å²) in [5, 5.41) is 10.9. The fourth-order valence-electron chi connectivity index (χ4n) is 2.96. The Kier molecular flexibility index (Phi) is 7.83. The van der Waals surface area contributed by atoms with Gasteiger partial charge < -0.3 is 19.3 Å². The number of nitrogens with zero attached hydrogens (tertiary/aromatic N) is 4. The number of hydrogen-bond donors (Lipinski definition) is 1. The molecule has 0 radical (unpaired) electrons. The van der Waals surface area contributed by atoms with Crippen LogP contribution in [0.2, 0.25) is 10.2 Å². The molecular formula is C21H19Cl2F3N4O3. The highest BCUT2D eigenvalue weighted by Gasteiger charge is 2.30. The fraction of sp³-hybridized carbons (Fsp3) is 0.286. The normalized spacial score (nSPS) is 12.5. The maximum absolute atomic E-state index is 13.1. The van der Waals surface area contributed by atoms with Crippen LogP contribution in [0.25, 0.3) is 0 Å². The second-order valence-corrected chi connectivity index (χ2v) is 7.89. The Labute approximate surface area is 197 Å². The van der Waals surface area contributed by atoms with Crippen molar-refractivity contribution in [1.29, 1.82) is 0 Å². The molecule has 3 rings (SSSR count). The van der Waals surface area contributed by atoms with E-state index in [0.29, 0.717) is 10.6 Å². The van der Waals surface area contributed by atoms with Crippen LogP contribution in [0.3, 0.4) is 0 Å². The predicted molar refractivity (Wildman–Crippen MR) is 115 cm³/mol. The van der Waals surface area contributed by atoms with E-state index in [1.807, 2.05) is 0 Å². The predicted octanol–water partition coefficient (Wildman–Crippen LogP) is 4.22. The highest BCUT2D eigenvalue weighted by atomic mass is 35.5. The number of hydrogen-bond acceptors (Lipinski definition) is 5. The maximum atomic E-state index is 13.1. The molecule has 1 unspecified atom stereocenters. The van der Waals surface area contributed by atoms with Crippen molar-refractivity contribution in [2.24, 2.45) is 7.05 Å². The first-order chi connectivity index (χ1) is 15.6. The van der Waals surface area contributed by atoms with E-state index in [2.05, 4.69) is 9.97 Å². The Bertz CT molecular complexity index is 1090. The number of imidazole rings is 1. The quantitative estimate of drug-likeness (QED) is 0.466. The van der Waals surface area contributed by atoms with Crippen LogP contribution in [0.5, 0.6) is 5.75 Å². The summed E-state index contributed by atoms with van der Waals surface area (Å²) in [5.74, 6) is -0.301. The Morgan fingerprint density at radius 2 is 1.94 bits per heavy atom. The minimum atomic E-state index is -4.46. The summed E-state index contributed by atoms with van der Waals surface area (Å²) >= 11 is 12.3. The summed E-state index contributed by atoms with van der Waals surface area (Å²) in [6.45, 7) is -0.492. The molecule has 1 N–H and O–H groups in total. The third-order valence-corrected chi connectivity index (χ3v) is 5.35. The summed E-state index contributed by atoms with van der Waals surface area (Å²) < 4.78 is 45.0. The number of rotatable bonds is 8. The first-order valence-electron chi connectivity index (χ1n) is 9.59. The number of aromatic nitrogens is 3. The van der Waals surface area contributed by atoms with Gasteiger partial charge >= 0.3 is 6.18 Å². The van der Waals surface area contributed by atoms with E-state index < -0.39 is 23.8 Å². The average molecular weight is 503 g/mol. The number of carbonyl (C=O) groups is 1. The third kappa shape index (κ3) is 6.37. The lowest BCUT2D eigenvalue weighted by molar-refractivity contribution is -0.137. The van der Waals surface area contributed by atoms with Crippen molar-refractivity contribution < 1.29 is 27.8 Å². The van der Waals surface area contributed by atoms with Crippen LogP contribution >= 0.6 is 23.2 Å². The Balaban J connectivity index is 1.72. The number of carbonyl (C=O) groups excluding carboxylic acids is 1. The van der Waals surface area contributed by atoms with Gasteiger partial charge in [-0.2, -0.15) is 13.2 Å². The summed E-state index contributed by atoms with van der Waals surface area (Å²) in [4.78, 5) is 22.3. The summed E-state index contributed by atoms with van der Waals surface area (Å²) in [5.41, 5.74) is -0.150. The van der Waals surface area contributed by atoms with Crippen LogP contribution < -0.4 is 4.74 Å². The number of ether oxygens (including phenoxy) is 1. The SMILES string of the molecule is Cn1cncc1C(=O)N(Cc1c(Cl)ccnc1Cl)CC(O)COc1ccc(C(F)(F)F)cc1. The molecule has 3 aromatic rings. The van der Waals surface area contributed by atoms with Gasteiger partial charge in [-0.15, -0.1) is 0 Å². The van der Waals surface area contributed by atoms with Gasteiger partial charge in [0.1, 0.15) is 29.3 Å². The van der Waals surface area contributed by atoms with Gasteiger partial charge in [-0.25, -0.2) is 9.97 Å². The molecule has 0 saturated carbocycles. The van der Waals surface area contributed by atoms with Gasteiger partial charge in [0.25, 0.3) is 5.91 Å². The van der Waals surface area contributed by atoms with Gasteiger partial charge in [-0.05, 0) is 30.3 Å². The third-order valence-electron chi connectivity index (χ3n) is 4.67. The molecule has 0 aliphatic heterocycles. The number of amides is 1. The number of halogens is 5. The number of aliphatic hydroxyl groups excluding tert-OH is 1. The lowest BCUT2D eigenvalue weighted by Crippen LogP contribution is -2.40. The molecule has 2 heterocycles. The van der Waals surface area contributed by atoms with E-state index in [9.17, 15) is 23.1 Å².